The lowest BCUT2D eigenvalue weighted by Crippen LogP contribution is -2.59. The summed E-state index contributed by atoms with van der Waals surface area (Å²) in [5.41, 5.74) is 1.45. The van der Waals surface area contributed by atoms with Gasteiger partial charge < -0.3 is 10.2 Å². The minimum Gasteiger partial charge on any atom is -0.357 e. The molecular weight excluding hydrogens is 389 g/mol. The molecule has 0 aromatic heterocycles. The van der Waals surface area contributed by atoms with Gasteiger partial charge in [-0.15, -0.1) is 0 Å². The summed E-state index contributed by atoms with van der Waals surface area (Å²) < 4.78 is 41.0. The van der Waals surface area contributed by atoms with Gasteiger partial charge in [-0.1, -0.05) is 36.4 Å². The number of anilines is 1. The topological polar surface area (TPSA) is 32.3 Å². The van der Waals surface area contributed by atoms with E-state index in [0.717, 1.165) is 11.1 Å². The number of halogens is 3. The Labute approximate surface area is 176 Å². The minimum absolute atomic E-state index is 0.219. The standard InChI is InChI=1S/C24H29F3N2O/c1-4-5-9-21-17(2)10-15-24(21,29(3)20-8-6-7-18(25)16-20)22(30)28-19-11-13-23(26,27)14-12-19/h4-9,16,19H,1,10-15H2,2-3H3,(H,28,30)/b9-5-. The molecule has 1 atom stereocenters. The van der Waals surface area contributed by atoms with Gasteiger partial charge in [0, 0.05) is 31.6 Å². The molecule has 1 fully saturated rings. The molecule has 2 aliphatic carbocycles. The lowest BCUT2D eigenvalue weighted by atomic mass is 9.85. The second-order valence-corrected chi connectivity index (χ2v) is 8.29. The highest BCUT2D eigenvalue weighted by Gasteiger charge is 2.49. The Morgan fingerprint density at radius 2 is 1.97 bits per heavy atom. The summed E-state index contributed by atoms with van der Waals surface area (Å²) in [6, 6.07) is 5.85. The number of carbonyl (C=O) groups is 1. The van der Waals surface area contributed by atoms with Crippen molar-refractivity contribution in [2.24, 2.45) is 0 Å². The van der Waals surface area contributed by atoms with Crippen LogP contribution in [0.3, 0.4) is 0 Å². The zero-order chi connectivity index (χ0) is 21.9. The summed E-state index contributed by atoms with van der Waals surface area (Å²) in [6.45, 7) is 5.70. The number of benzene rings is 1. The molecule has 0 aliphatic heterocycles. The van der Waals surface area contributed by atoms with Gasteiger partial charge in [-0.25, -0.2) is 13.2 Å². The fourth-order valence-corrected chi connectivity index (χ4v) is 4.57. The van der Waals surface area contributed by atoms with Gasteiger partial charge in [0.15, 0.2) is 0 Å². The number of rotatable bonds is 6. The zero-order valence-electron chi connectivity index (χ0n) is 17.6. The monoisotopic (exact) mass is 418 g/mol. The lowest BCUT2D eigenvalue weighted by Gasteiger charge is -2.42. The number of carbonyl (C=O) groups excluding carboxylic acids is 1. The van der Waals surface area contributed by atoms with Crippen LogP contribution >= 0.6 is 0 Å². The molecule has 30 heavy (non-hydrogen) atoms. The molecule has 1 aromatic rings. The Balaban J connectivity index is 1.97. The lowest BCUT2D eigenvalue weighted by molar-refractivity contribution is -0.126. The van der Waals surface area contributed by atoms with Crippen molar-refractivity contribution in [2.45, 2.75) is 63.0 Å². The summed E-state index contributed by atoms with van der Waals surface area (Å²) >= 11 is 0. The second kappa shape index (κ2) is 8.70. The van der Waals surface area contributed by atoms with E-state index in [4.69, 9.17) is 0 Å². The van der Waals surface area contributed by atoms with Crippen molar-refractivity contribution in [3.8, 4) is 0 Å². The van der Waals surface area contributed by atoms with Gasteiger partial charge in [-0.2, -0.15) is 0 Å². The SMILES string of the molecule is C=C/C=C\C1=C(C)CCC1(C(=O)NC1CCC(F)(F)CC1)N(C)c1cccc(F)c1. The third-order valence-electron chi connectivity index (χ3n) is 6.36. The molecule has 1 aromatic carbocycles. The minimum atomic E-state index is -2.65. The predicted molar refractivity (Wildman–Crippen MR) is 114 cm³/mol. The van der Waals surface area contributed by atoms with E-state index in [1.165, 1.54) is 12.1 Å². The number of nitrogens with one attached hydrogen (secondary N) is 1. The molecule has 3 rings (SSSR count). The number of hydrogen-bond acceptors (Lipinski definition) is 2. The second-order valence-electron chi connectivity index (χ2n) is 8.29. The van der Waals surface area contributed by atoms with Gasteiger partial charge in [-0.3, -0.25) is 4.79 Å². The van der Waals surface area contributed by atoms with Gasteiger partial charge in [-0.05, 0) is 56.4 Å². The summed E-state index contributed by atoms with van der Waals surface area (Å²) in [4.78, 5) is 15.5. The van der Waals surface area contributed by atoms with E-state index in [2.05, 4.69) is 11.9 Å². The average molecular weight is 419 g/mol. The molecule has 0 saturated heterocycles. The highest BCUT2D eigenvalue weighted by atomic mass is 19.3. The van der Waals surface area contributed by atoms with Crippen LogP contribution in [0, 0.1) is 5.82 Å². The van der Waals surface area contributed by atoms with E-state index in [1.54, 1.807) is 31.3 Å². The molecule has 1 amide bonds. The molecule has 1 unspecified atom stereocenters. The van der Waals surface area contributed by atoms with Crippen LogP contribution < -0.4 is 10.2 Å². The van der Waals surface area contributed by atoms with Gasteiger partial charge >= 0.3 is 0 Å². The van der Waals surface area contributed by atoms with Crippen LogP contribution in [0.4, 0.5) is 18.9 Å². The van der Waals surface area contributed by atoms with Crippen molar-refractivity contribution in [1.82, 2.24) is 5.32 Å². The quantitative estimate of drug-likeness (QED) is 0.615. The van der Waals surface area contributed by atoms with Crippen molar-refractivity contribution in [1.29, 1.82) is 0 Å². The van der Waals surface area contributed by atoms with E-state index >= 15 is 0 Å². The number of amides is 1. The smallest absolute Gasteiger partial charge is 0.250 e. The maximum atomic E-state index is 13.9. The first kappa shape index (κ1) is 22.2. The van der Waals surface area contributed by atoms with Crippen molar-refractivity contribution in [3.05, 3.63) is 66.0 Å². The summed E-state index contributed by atoms with van der Waals surface area (Å²) in [7, 11) is 1.78. The Morgan fingerprint density at radius 3 is 2.60 bits per heavy atom. The Bertz CT molecular complexity index is 867. The molecule has 6 heteroatoms. The molecule has 1 saturated carbocycles. The fraction of sp³-hybridized carbons (Fsp3) is 0.458. The molecule has 2 aliphatic rings. The molecule has 3 nitrogen and oxygen atoms in total. The van der Waals surface area contributed by atoms with Crippen molar-refractivity contribution < 1.29 is 18.0 Å². The Hall–Kier alpha value is -2.50. The number of allylic oxidation sites excluding steroid dienone is 3. The van der Waals surface area contributed by atoms with Gasteiger partial charge in [0.2, 0.25) is 5.92 Å². The highest BCUT2D eigenvalue weighted by Crippen LogP contribution is 2.43. The number of likely N-dealkylation sites (N-methyl/N-ethyl adjacent to an activating group) is 1. The molecule has 162 valence electrons. The van der Waals surface area contributed by atoms with Crippen LogP contribution in [0.1, 0.15) is 45.4 Å². The fourth-order valence-electron chi connectivity index (χ4n) is 4.57. The average Bonchev–Trinajstić information content (AvgIpc) is 3.04. The normalized spacial score (nSPS) is 24.3. The highest BCUT2D eigenvalue weighted by molar-refractivity contribution is 5.96. The maximum Gasteiger partial charge on any atom is 0.250 e. The van der Waals surface area contributed by atoms with Crippen molar-refractivity contribution in [3.63, 3.8) is 0 Å². The third kappa shape index (κ3) is 4.32. The largest absolute Gasteiger partial charge is 0.357 e. The van der Waals surface area contributed by atoms with E-state index < -0.39 is 11.5 Å². The maximum absolute atomic E-state index is 13.9. The van der Waals surface area contributed by atoms with Gasteiger partial charge in [0.05, 0.1) is 0 Å². The summed E-state index contributed by atoms with van der Waals surface area (Å²) in [5, 5.41) is 3.03. The Morgan fingerprint density at radius 1 is 1.27 bits per heavy atom. The molecule has 0 spiro atoms. The van der Waals surface area contributed by atoms with Crippen LogP contribution in [0.2, 0.25) is 0 Å². The van der Waals surface area contributed by atoms with Crippen LogP contribution in [0.25, 0.3) is 0 Å². The van der Waals surface area contributed by atoms with E-state index in [9.17, 15) is 18.0 Å². The molecule has 1 N–H and O–H groups in total. The molecule has 0 heterocycles. The Kier molecular flexibility index (Phi) is 6.44. The predicted octanol–water partition coefficient (Wildman–Crippen LogP) is 5.55. The molecular formula is C24H29F3N2O. The molecule has 0 radical (unpaired) electrons. The number of nitrogens with zero attached hydrogens (tertiary/aromatic N) is 1. The first-order valence-corrected chi connectivity index (χ1v) is 10.4. The zero-order valence-corrected chi connectivity index (χ0v) is 17.6. The van der Waals surface area contributed by atoms with Crippen molar-refractivity contribution >= 4 is 11.6 Å². The van der Waals surface area contributed by atoms with E-state index in [-0.39, 0.29) is 43.4 Å². The van der Waals surface area contributed by atoms with Crippen LogP contribution in [0.5, 0.6) is 0 Å². The summed E-state index contributed by atoms with van der Waals surface area (Å²) in [5.74, 6) is -3.27. The molecule has 0 bridgehead atoms. The van der Waals surface area contributed by atoms with E-state index in [1.807, 2.05) is 17.9 Å². The van der Waals surface area contributed by atoms with Gasteiger partial charge in [0.1, 0.15) is 11.4 Å². The number of alkyl halides is 2. The first-order valence-electron chi connectivity index (χ1n) is 10.4. The third-order valence-corrected chi connectivity index (χ3v) is 6.36. The van der Waals surface area contributed by atoms with Crippen molar-refractivity contribution in [2.75, 3.05) is 11.9 Å². The number of hydrogen-bond donors (Lipinski definition) is 1. The van der Waals surface area contributed by atoms with E-state index in [0.29, 0.717) is 18.5 Å². The van der Waals surface area contributed by atoms with Crippen LogP contribution in [-0.4, -0.2) is 30.5 Å². The van der Waals surface area contributed by atoms with Crippen LogP contribution in [-0.2, 0) is 4.79 Å². The summed E-state index contributed by atoms with van der Waals surface area (Å²) in [6.07, 6.45) is 6.60. The first-order chi connectivity index (χ1) is 14.2. The van der Waals surface area contributed by atoms with Gasteiger partial charge in [0.25, 0.3) is 5.91 Å². The van der Waals surface area contributed by atoms with Crippen LogP contribution in [0.15, 0.2) is 60.2 Å².